The van der Waals surface area contributed by atoms with E-state index in [0.29, 0.717) is 6.61 Å². The molecule has 0 fully saturated rings. The molecule has 0 aliphatic heterocycles. The molecule has 0 aliphatic carbocycles. The molecule has 1 aromatic heterocycles. The summed E-state index contributed by atoms with van der Waals surface area (Å²) in [6.07, 6.45) is 1.07. The monoisotopic (exact) mass is 247 g/mol. The van der Waals surface area contributed by atoms with Crippen LogP contribution in [-0.4, -0.2) is 13.2 Å². The van der Waals surface area contributed by atoms with E-state index < -0.39 is 0 Å². The Hall–Kier alpha value is -1.48. The second kappa shape index (κ2) is 6.30. The number of nitrogens with one attached hydrogen (secondary N) is 1. The first-order valence-corrected chi connectivity index (χ1v) is 6.80. The Bertz CT molecular complexity index is 422. The summed E-state index contributed by atoms with van der Waals surface area (Å²) in [5.41, 5.74) is 2.54. The van der Waals surface area contributed by atoms with Crippen molar-refractivity contribution in [2.45, 2.75) is 13.3 Å². The zero-order valence-corrected chi connectivity index (χ0v) is 10.8. The van der Waals surface area contributed by atoms with Crippen LogP contribution < -0.4 is 10.1 Å². The molecule has 2 aromatic rings. The normalized spacial score (nSPS) is 10.2. The Morgan fingerprint density at radius 2 is 2.00 bits per heavy atom. The second-order valence-electron chi connectivity index (χ2n) is 3.77. The third kappa shape index (κ3) is 3.79. The first-order chi connectivity index (χ1) is 8.38. The van der Waals surface area contributed by atoms with Crippen molar-refractivity contribution in [2.24, 2.45) is 0 Å². The van der Waals surface area contributed by atoms with E-state index in [4.69, 9.17) is 4.74 Å². The highest BCUT2D eigenvalue weighted by Crippen LogP contribution is 2.15. The van der Waals surface area contributed by atoms with Gasteiger partial charge in [0.1, 0.15) is 5.75 Å². The summed E-state index contributed by atoms with van der Waals surface area (Å²) in [4.78, 5) is 0. The van der Waals surface area contributed by atoms with Crippen LogP contribution in [0.5, 0.6) is 5.75 Å². The molecule has 0 radical (unpaired) electrons. The molecule has 0 saturated heterocycles. The summed E-state index contributed by atoms with van der Waals surface area (Å²) in [6, 6.07) is 10.3. The van der Waals surface area contributed by atoms with E-state index in [1.165, 1.54) is 5.56 Å². The predicted octanol–water partition coefficient (Wildman–Crippen LogP) is 3.80. The first-order valence-electron chi connectivity index (χ1n) is 5.86. The minimum absolute atomic E-state index is 0.713. The molecule has 17 heavy (non-hydrogen) atoms. The largest absolute Gasteiger partial charge is 0.494 e. The van der Waals surface area contributed by atoms with Gasteiger partial charge in [-0.3, -0.25) is 0 Å². The van der Waals surface area contributed by atoms with Crippen LogP contribution in [-0.2, 0) is 6.42 Å². The molecule has 0 spiro atoms. The third-order valence-electron chi connectivity index (χ3n) is 2.49. The standard InChI is InChI=1S/C14H17NOS/c1-2-16-14-5-3-13(4-6-14)15-9-7-12-8-10-17-11-12/h3-6,8,10-11,15H,2,7,9H2,1H3. The molecule has 2 nitrogen and oxygen atoms in total. The Morgan fingerprint density at radius 3 is 2.65 bits per heavy atom. The van der Waals surface area contributed by atoms with Crippen molar-refractivity contribution in [1.82, 2.24) is 0 Å². The Morgan fingerprint density at radius 1 is 1.18 bits per heavy atom. The van der Waals surface area contributed by atoms with E-state index in [2.05, 4.69) is 34.3 Å². The maximum Gasteiger partial charge on any atom is 0.119 e. The number of hydrogen-bond acceptors (Lipinski definition) is 3. The van der Waals surface area contributed by atoms with Crippen molar-refractivity contribution in [3.8, 4) is 5.75 Å². The molecular formula is C14H17NOS. The number of ether oxygens (including phenoxy) is 1. The maximum absolute atomic E-state index is 5.40. The van der Waals surface area contributed by atoms with Crippen LogP contribution in [0.15, 0.2) is 41.1 Å². The van der Waals surface area contributed by atoms with Gasteiger partial charge in [0.25, 0.3) is 0 Å². The van der Waals surface area contributed by atoms with Crippen molar-refractivity contribution >= 4 is 17.0 Å². The minimum atomic E-state index is 0.713. The fourth-order valence-electron chi connectivity index (χ4n) is 1.62. The Kier molecular flexibility index (Phi) is 4.45. The maximum atomic E-state index is 5.40. The van der Waals surface area contributed by atoms with Crippen molar-refractivity contribution in [2.75, 3.05) is 18.5 Å². The molecule has 0 unspecified atom stereocenters. The highest BCUT2D eigenvalue weighted by molar-refractivity contribution is 7.07. The topological polar surface area (TPSA) is 21.3 Å². The summed E-state index contributed by atoms with van der Waals surface area (Å²) in [5.74, 6) is 0.927. The van der Waals surface area contributed by atoms with Crippen LogP contribution >= 0.6 is 11.3 Å². The smallest absolute Gasteiger partial charge is 0.119 e. The zero-order chi connectivity index (χ0) is 11.9. The van der Waals surface area contributed by atoms with Crippen LogP contribution in [0.4, 0.5) is 5.69 Å². The number of benzene rings is 1. The van der Waals surface area contributed by atoms with E-state index in [-0.39, 0.29) is 0 Å². The van der Waals surface area contributed by atoms with E-state index in [1.807, 2.05) is 19.1 Å². The average molecular weight is 247 g/mol. The van der Waals surface area contributed by atoms with E-state index in [0.717, 1.165) is 24.4 Å². The van der Waals surface area contributed by atoms with Crippen molar-refractivity contribution in [1.29, 1.82) is 0 Å². The number of rotatable bonds is 6. The summed E-state index contributed by atoms with van der Waals surface area (Å²) in [6.45, 7) is 3.67. The predicted molar refractivity (Wildman–Crippen MR) is 74.1 cm³/mol. The van der Waals surface area contributed by atoms with Crippen LogP contribution in [0, 0.1) is 0 Å². The molecule has 0 amide bonds. The summed E-state index contributed by atoms with van der Waals surface area (Å²) in [5, 5.41) is 7.71. The van der Waals surface area contributed by atoms with Crippen LogP contribution in [0.1, 0.15) is 12.5 Å². The summed E-state index contributed by atoms with van der Waals surface area (Å²) in [7, 11) is 0. The highest BCUT2D eigenvalue weighted by Gasteiger charge is 1.95. The molecule has 2 rings (SSSR count). The third-order valence-corrected chi connectivity index (χ3v) is 3.22. The van der Waals surface area contributed by atoms with Crippen molar-refractivity contribution < 1.29 is 4.74 Å². The average Bonchev–Trinajstić information content (AvgIpc) is 2.85. The first kappa shape index (κ1) is 12.0. The van der Waals surface area contributed by atoms with Crippen molar-refractivity contribution in [3.05, 3.63) is 46.7 Å². The fourth-order valence-corrected chi connectivity index (χ4v) is 2.32. The SMILES string of the molecule is CCOc1ccc(NCCc2ccsc2)cc1. The highest BCUT2D eigenvalue weighted by atomic mass is 32.1. The number of thiophene rings is 1. The molecular weight excluding hydrogens is 230 g/mol. The van der Waals surface area contributed by atoms with Gasteiger partial charge in [0.2, 0.25) is 0 Å². The lowest BCUT2D eigenvalue weighted by Gasteiger charge is -2.07. The second-order valence-corrected chi connectivity index (χ2v) is 4.55. The van der Waals surface area contributed by atoms with Crippen LogP contribution in [0.3, 0.4) is 0 Å². The van der Waals surface area contributed by atoms with Gasteiger partial charge in [0.15, 0.2) is 0 Å². The Labute approximate surface area is 106 Å². The zero-order valence-electron chi connectivity index (χ0n) is 9.98. The van der Waals surface area contributed by atoms with E-state index >= 15 is 0 Å². The molecule has 0 bridgehead atoms. The summed E-state index contributed by atoms with van der Waals surface area (Å²) >= 11 is 1.75. The van der Waals surface area contributed by atoms with Gasteiger partial charge in [-0.25, -0.2) is 0 Å². The minimum Gasteiger partial charge on any atom is -0.494 e. The van der Waals surface area contributed by atoms with Gasteiger partial charge >= 0.3 is 0 Å². The Balaban J connectivity index is 1.79. The van der Waals surface area contributed by atoms with E-state index in [1.54, 1.807) is 11.3 Å². The van der Waals surface area contributed by atoms with Gasteiger partial charge in [-0.1, -0.05) is 0 Å². The lowest BCUT2D eigenvalue weighted by molar-refractivity contribution is 0.340. The van der Waals surface area contributed by atoms with Crippen LogP contribution in [0.2, 0.25) is 0 Å². The van der Waals surface area contributed by atoms with Gasteiger partial charge in [-0.05, 0) is 60.0 Å². The molecule has 0 aliphatic rings. The molecule has 1 heterocycles. The van der Waals surface area contributed by atoms with Gasteiger partial charge in [-0.15, -0.1) is 0 Å². The molecule has 1 aromatic carbocycles. The van der Waals surface area contributed by atoms with E-state index in [9.17, 15) is 0 Å². The quantitative estimate of drug-likeness (QED) is 0.838. The molecule has 90 valence electrons. The number of hydrogen-bond donors (Lipinski definition) is 1. The fraction of sp³-hybridized carbons (Fsp3) is 0.286. The van der Waals surface area contributed by atoms with Crippen LogP contribution in [0.25, 0.3) is 0 Å². The van der Waals surface area contributed by atoms with Gasteiger partial charge < -0.3 is 10.1 Å². The lowest BCUT2D eigenvalue weighted by atomic mass is 10.2. The molecule has 0 saturated carbocycles. The van der Waals surface area contributed by atoms with Gasteiger partial charge in [0, 0.05) is 12.2 Å². The van der Waals surface area contributed by atoms with Gasteiger partial charge in [0.05, 0.1) is 6.61 Å². The molecule has 1 N–H and O–H groups in total. The molecule has 3 heteroatoms. The van der Waals surface area contributed by atoms with Gasteiger partial charge in [-0.2, -0.15) is 11.3 Å². The lowest BCUT2D eigenvalue weighted by Crippen LogP contribution is -2.04. The van der Waals surface area contributed by atoms with Crippen molar-refractivity contribution in [3.63, 3.8) is 0 Å². The molecule has 0 atom stereocenters. The number of anilines is 1. The summed E-state index contributed by atoms with van der Waals surface area (Å²) < 4.78 is 5.40.